The summed E-state index contributed by atoms with van der Waals surface area (Å²) in [6.45, 7) is 2.70. The van der Waals surface area contributed by atoms with E-state index in [1.54, 1.807) is 23.9 Å². The van der Waals surface area contributed by atoms with E-state index in [4.69, 9.17) is 11.6 Å². The summed E-state index contributed by atoms with van der Waals surface area (Å²) in [5.74, 6) is 0.528. The van der Waals surface area contributed by atoms with Gasteiger partial charge in [0.2, 0.25) is 0 Å². The fourth-order valence-corrected chi connectivity index (χ4v) is 5.26. The second-order valence-corrected chi connectivity index (χ2v) is 8.70. The van der Waals surface area contributed by atoms with Gasteiger partial charge in [-0.05, 0) is 12.5 Å². The molecule has 3 rings (SSSR count). The molecule has 0 unspecified atom stereocenters. The molecule has 0 N–H and O–H groups in total. The van der Waals surface area contributed by atoms with E-state index in [-0.39, 0.29) is 17.7 Å². The Hall–Kier alpha value is -1.05. The molecule has 0 bridgehead atoms. The Morgan fingerprint density at radius 3 is 2.45 bits per heavy atom. The summed E-state index contributed by atoms with van der Waals surface area (Å²) in [4.78, 5) is 16.5. The summed E-state index contributed by atoms with van der Waals surface area (Å²) in [6.07, 6.45) is 2.43. The molecule has 2 fully saturated rings. The Morgan fingerprint density at radius 1 is 1.27 bits per heavy atom. The molecule has 2 saturated heterocycles. The Bertz CT molecular complexity index is 678. The van der Waals surface area contributed by atoms with Crippen molar-refractivity contribution in [3.63, 3.8) is 0 Å². The Balaban J connectivity index is 1.60. The Kier molecular flexibility index (Phi) is 4.22. The van der Waals surface area contributed by atoms with Crippen LogP contribution in [0.25, 0.3) is 0 Å². The molecule has 1 amide bonds. The molecule has 22 heavy (non-hydrogen) atoms. The molecule has 6 nitrogen and oxygen atoms in total. The topological polar surface area (TPSA) is 62.6 Å². The van der Waals surface area contributed by atoms with E-state index in [1.165, 1.54) is 0 Å². The van der Waals surface area contributed by atoms with Crippen LogP contribution < -0.4 is 0 Å². The molecule has 1 aromatic heterocycles. The third-order valence-corrected chi connectivity index (χ3v) is 6.47. The molecule has 0 spiro atoms. The summed E-state index contributed by atoms with van der Waals surface area (Å²) < 4.78 is 24.9. The van der Waals surface area contributed by atoms with Crippen LogP contribution in [0.3, 0.4) is 0 Å². The zero-order chi connectivity index (χ0) is 15.9. The normalized spacial score (nSPS) is 25.5. The number of aromatic nitrogens is 1. The van der Waals surface area contributed by atoms with Crippen molar-refractivity contribution in [3.8, 4) is 0 Å². The summed E-state index contributed by atoms with van der Waals surface area (Å²) in [7, 11) is -1.06. The van der Waals surface area contributed by atoms with E-state index in [2.05, 4.69) is 4.90 Å². The first kappa shape index (κ1) is 15.8. The number of carbonyl (C=O) groups excluding carboxylic acids is 1. The van der Waals surface area contributed by atoms with Gasteiger partial charge in [0.1, 0.15) is 5.69 Å². The quantitative estimate of drug-likeness (QED) is 0.788. The van der Waals surface area contributed by atoms with E-state index in [1.807, 2.05) is 4.90 Å². The third kappa shape index (κ3) is 3.16. The number of hydrogen-bond acceptors (Lipinski definition) is 4. The number of sulfone groups is 1. The van der Waals surface area contributed by atoms with Crippen molar-refractivity contribution < 1.29 is 13.2 Å². The van der Waals surface area contributed by atoms with Gasteiger partial charge < -0.3 is 9.47 Å². The predicted molar refractivity (Wildman–Crippen MR) is 85.0 cm³/mol. The first-order valence-electron chi connectivity index (χ1n) is 7.41. The van der Waals surface area contributed by atoms with Gasteiger partial charge in [-0.1, -0.05) is 11.6 Å². The smallest absolute Gasteiger partial charge is 0.270 e. The maximum absolute atomic E-state index is 12.5. The molecular formula is C14H20ClN3O3S. The molecule has 3 heterocycles. The summed E-state index contributed by atoms with van der Waals surface area (Å²) in [6, 6.07) is 1.80. The second kappa shape index (κ2) is 5.86. The average molecular weight is 346 g/mol. The largest absolute Gasteiger partial charge is 0.345 e. The zero-order valence-electron chi connectivity index (χ0n) is 12.5. The SMILES string of the molecule is Cn1cc(Cl)cc1C(=O)N1CCN([C@@H]2CCS(=O)(=O)C2)CC1. The lowest BCUT2D eigenvalue weighted by atomic mass is 10.2. The van der Waals surface area contributed by atoms with Crippen LogP contribution in [0, 0.1) is 0 Å². The summed E-state index contributed by atoms with van der Waals surface area (Å²) >= 11 is 5.93. The van der Waals surface area contributed by atoms with Gasteiger partial charge in [0.25, 0.3) is 5.91 Å². The van der Waals surface area contributed by atoms with Gasteiger partial charge >= 0.3 is 0 Å². The molecule has 0 aliphatic carbocycles. The van der Waals surface area contributed by atoms with Crippen LogP contribution in [-0.2, 0) is 16.9 Å². The minimum Gasteiger partial charge on any atom is -0.345 e. The lowest BCUT2D eigenvalue weighted by Gasteiger charge is -2.37. The number of nitrogens with zero attached hydrogens (tertiary/aromatic N) is 3. The molecule has 1 atom stereocenters. The van der Waals surface area contributed by atoms with E-state index >= 15 is 0 Å². The fraction of sp³-hybridized carbons (Fsp3) is 0.643. The zero-order valence-corrected chi connectivity index (χ0v) is 14.1. The molecule has 8 heteroatoms. The minimum absolute atomic E-state index is 0.0203. The molecule has 2 aliphatic heterocycles. The summed E-state index contributed by atoms with van der Waals surface area (Å²) in [5, 5.41) is 0.556. The maximum atomic E-state index is 12.5. The number of piperazine rings is 1. The number of aryl methyl sites for hydroxylation is 1. The first-order valence-corrected chi connectivity index (χ1v) is 9.61. The molecule has 0 aromatic carbocycles. The highest BCUT2D eigenvalue weighted by Gasteiger charge is 2.34. The monoisotopic (exact) mass is 345 g/mol. The highest BCUT2D eigenvalue weighted by atomic mass is 35.5. The average Bonchev–Trinajstić information content (AvgIpc) is 3.00. The van der Waals surface area contributed by atoms with Gasteiger partial charge in [0.15, 0.2) is 9.84 Å². The first-order chi connectivity index (χ1) is 10.4. The van der Waals surface area contributed by atoms with Gasteiger partial charge in [-0.2, -0.15) is 0 Å². The van der Waals surface area contributed by atoms with E-state index in [0.717, 1.165) is 13.1 Å². The van der Waals surface area contributed by atoms with Crippen LogP contribution in [0.2, 0.25) is 5.02 Å². The number of carbonyl (C=O) groups is 1. The fourth-order valence-electron chi connectivity index (χ4n) is 3.25. The highest BCUT2D eigenvalue weighted by Crippen LogP contribution is 2.20. The van der Waals surface area contributed by atoms with Crippen LogP contribution in [0.15, 0.2) is 12.3 Å². The van der Waals surface area contributed by atoms with Crippen LogP contribution in [0.5, 0.6) is 0 Å². The molecule has 122 valence electrons. The van der Waals surface area contributed by atoms with E-state index in [0.29, 0.717) is 36.0 Å². The van der Waals surface area contributed by atoms with Gasteiger partial charge in [-0.25, -0.2) is 8.42 Å². The van der Waals surface area contributed by atoms with Crippen molar-refractivity contribution in [2.24, 2.45) is 7.05 Å². The van der Waals surface area contributed by atoms with E-state index < -0.39 is 9.84 Å². The maximum Gasteiger partial charge on any atom is 0.270 e. The van der Waals surface area contributed by atoms with Crippen LogP contribution >= 0.6 is 11.6 Å². The van der Waals surface area contributed by atoms with Crippen molar-refractivity contribution in [1.82, 2.24) is 14.4 Å². The van der Waals surface area contributed by atoms with Crippen LogP contribution in [0.1, 0.15) is 16.9 Å². The van der Waals surface area contributed by atoms with Gasteiger partial charge in [-0.3, -0.25) is 9.69 Å². The van der Waals surface area contributed by atoms with E-state index in [9.17, 15) is 13.2 Å². The van der Waals surface area contributed by atoms with Crippen molar-refractivity contribution in [3.05, 3.63) is 23.0 Å². The second-order valence-electron chi connectivity index (χ2n) is 6.04. The van der Waals surface area contributed by atoms with Crippen molar-refractivity contribution in [2.45, 2.75) is 12.5 Å². The van der Waals surface area contributed by atoms with Crippen LogP contribution in [-0.4, -0.2) is 72.4 Å². The number of hydrogen-bond donors (Lipinski definition) is 0. The van der Waals surface area contributed by atoms with Gasteiger partial charge in [-0.15, -0.1) is 0 Å². The van der Waals surface area contributed by atoms with Crippen LogP contribution in [0.4, 0.5) is 0 Å². The van der Waals surface area contributed by atoms with Crippen molar-refractivity contribution in [2.75, 3.05) is 37.7 Å². The predicted octanol–water partition coefficient (Wildman–Crippen LogP) is 0.623. The lowest BCUT2D eigenvalue weighted by molar-refractivity contribution is 0.0579. The van der Waals surface area contributed by atoms with Crippen molar-refractivity contribution in [1.29, 1.82) is 0 Å². The van der Waals surface area contributed by atoms with Crippen molar-refractivity contribution >= 4 is 27.3 Å². The number of rotatable bonds is 2. The molecule has 2 aliphatic rings. The lowest BCUT2D eigenvalue weighted by Crippen LogP contribution is -2.52. The van der Waals surface area contributed by atoms with Gasteiger partial charge in [0.05, 0.1) is 16.5 Å². The summed E-state index contributed by atoms with van der Waals surface area (Å²) in [5.41, 5.74) is 0.585. The Morgan fingerprint density at radius 2 is 1.95 bits per heavy atom. The highest BCUT2D eigenvalue weighted by molar-refractivity contribution is 7.91. The Labute approximate surface area is 135 Å². The van der Waals surface area contributed by atoms with Gasteiger partial charge in [0, 0.05) is 45.5 Å². The standard InChI is InChI=1S/C14H20ClN3O3S/c1-16-9-11(15)8-13(16)14(19)18-5-3-17(4-6-18)12-2-7-22(20,21)10-12/h8-9,12H,2-7,10H2,1H3/t12-/m1/s1. The third-order valence-electron chi connectivity index (χ3n) is 4.52. The minimum atomic E-state index is -2.86. The number of amides is 1. The number of halogens is 1. The molecule has 0 radical (unpaired) electrons. The molecule has 0 saturated carbocycles. The molecular weight excluding hydrogens is 326 g/mol. The molecule has 1 aromatic rings.